The number of ether oxygens (including phenoxy) is 2. The number of amides is 1. The van der Waals surface area contributed by atoms with Crippen molar-refractivity contribution in [3.8, 4) is 5.75 Å². The first-order chi connectivity index (χ1) is 9.08. The topological polar surface area (TPSA) is 55.8 Å². The van der Waals surface area contributed by atoms with Gasteiger partial charge in [0.15, 0.2) is 0 Å². The van der Waals surface area contributed by atoms with Crippen molar-refractivity contribution in [3.05, 3.63) is 23.8 Å². The summed E-state index contributed by atoms with van der Waals surface area (Å²) < 4.78 is 10.4. The number of esters is 1. The molecular weight excluding hydrogens is 246 g/mol. The second kappa shape index (κ2) is 3.98. The number of rotatable bonds is 1. The second-order valence-electron chi connectivity index (χ2n) is 4.99. The second-order valence-corrected chi connectivity index (χ2v) is 4.99. The number of carbonyl (C=O) groups is 2. The van der Waals surface area contributed by atoms with E-state index in [2.05, 4.69) is 0 Å². The Balaban J connectivity index is 2.12. The number of anilines is 1. The molecule has 1 unspecified atom stereocenters. The number of likely N-dealkylation sites (N-methyl/N-ethyl adjacent to an activating group) is 1. The van der Waals surface area contributed by atoms with Crippen molar-refractivity contribution in [3.63, 3.8) is 0 Å². The van der Waals surface area contributed by atoms with Crippen LogP contribution in [0.25, 0.3) is 0 Å². The molecule has 1 amide bonds. The Morgan fingerprint density at radius 2 is 2.16 bits per heavy atom. The standard InChI is InChI=1S/C14H15NO4/c1-15-11-4-3-9(18-2)7-10(11)14(13(15)17)6-5-12(16)19-8-14/h3-4,7H,5-6,8H2,1-2H3. The molecule has 1 saturated heterocycles. The number of carbonyl (C=O) groups excluding carboxylic acids is 2. The molecule has 5 nitrogen and oxygen atoms in total. The first-order valence-corrected chi connectivity index (χ1v) is 6.21. The van der Waals surface area contributed by atoms with Gasteiger partial charge in [-0.3, -0.25) is 9.59 Å². The maximum atomic E-state index is 12.5. The number of benzene rings is 1. The molecule has 2 aliphatic heterocycles. The van der Waals surface area contributed by atoms with Crippen LogP contribution in [0.4, 0.5) is 5.69 Å². The fourth-order valence-corrected chi connectivity index (χ4v) is 2.91. The third-order valence-corrected chi connectivity index (χ3v) is 4.03. The minimum Gasteiger partial charge on any atom is -0.497 e. The molecule has 100 valence electrons. The quantitative estimate of drug-likeness (QED) is 0.714. The molecule has 1 fully saturated rings. The van der Waals surface area contributed by atoms with Gasteiger partial charge in [-0.05, 0) is 30.2 Å². The van der Waals surface area contributed by atoms with Crippen LogP contribution in [0.15, 0.2) is 18.2 Å². The van der Waals surface area contributed by atoms with Crippen LogP contribution in [0.5, 0.6) is 5.75 Å². The highest BCUT2D eigenvalue weighted by Gasteiger charge is 2.52. The number of hydrogen-bond donors (Lipinski definition) is 0. The first-order valence-electron chi connectivity index (χ1n) is 6.21. The van der Waals surface area contributed by atoms with Crippen molar-refractivity contribution in [2.45, 2.75) is 18.3 Å². The predicted octanol–water partition coefficient (Wildman–Crippen LogP) is 1.25. The fourth-order valence-electron chi connectivity index (χ4n) is 2.91. The van der Waals surface area contributed by atoms with Crippen LogP contribution < -0.4 is 9.64 Å². The van der Waals surface area contributed by atoms with E-state index in [0.717, 1.165) is 11.3 Å². The molecule has 2 heterocycles. The van der Waals surface area contributed by atoms with Gasteiger partial charge in [0.05, 0.1) is 7.11 Å². The fraction of sp³-hybridized carbons (Fsp3) is 0.429. The zero-order valence-corrected chi connectivity index (χ0v) is 10.9. The van der Waals surface area contributed by atoms with Crippen molar-refractivity contribution >= 4 is 17.6 Å². The molecule has 19 heavy (non-hydrogen) atoms. The van der Waals surface area contributed by atoms with Crippen LogP contribution in [0, 0.1) is 0 Å². The van der Waals surface area contributed by atoms with Crippen molar-refractivity contribution < 1.29 is 19.1 Å². The molecule has 1 aromatic carbocycles. The largest absolute Gasteiger partial charge is 0.497 e. The number of fused-ring (bicyclic) bond motifs is 2. The summed E-state index contributed by atoms with van der Waals surface area (Å²) in [5.41, 5.74) is 1.03. The lowest BCUT2D eigenvalue weighted by molar-refractivity contribution is -0.152. The first kappa shape index (κ1) is 12.0. The molecule has 1 aromatic rings. The summed E-state index contributed by atoms with van der Waals surface area (Å²) in [4.78, 5) is 25.4. The highest BCUT2D eigenvalue weighted by Crippen LogP contribution is 2.47. The van der Waals surface area contributed by atoms with Crippen molar-refractivity contribution in [1.82, 2.24) is 0 Å². The van der Waals surface area contributed by atoms with Gasteiger partial charge in [0.25, 0.3) is 0 Å². The summed E-state index contributed by atoms with van der Waals surface area (Å²) in [6, 6.07) is 5.57. The average Bonchev–Trinajstić information content (AvgIpc) is 2.64. The number of nitrogens with zero attached hydrogens (tertiary/aromatic N) is 1. The molecule has 2 aliphatic rings. The van der Waals surface area contributed by atoms with Crippen LogP contribution in [0.2, 0.25) is 0 Å². The minimum atomic E-state index is -0.730. The Bertz CT molecular complexity index is 557. The van der Waals surface area contributed by atoms with E-state index in [-0.39, 0.29) is 24.9 Å². The maximum Gasteiger partial charge on any atom is 0.305 e. The normalized spacial score (nSPS) is 25.5. The Labute approximate surface area is 111 Å². The third kappa shape index (κ3) is 1.54. The zero-order chi connectivity index (χ0) is 13.6. The molecule has 1 atom stereocenters. The number of hydrogen-bond acceptors (Lipinski definition) is 4. The lowest BCUT2D eigenvalue weighted by Crippen LogP contribution is -2.46. The Morgan fingerprint density at radius 3 is 2.79 bits per heavy atom. The van der Waals surface area contributed by atoms with Gasteiger partial charge in [-0.15, -0.1) is 0 Å². The van der Waals surface area contributed by atoms with Gasteiger partial charge < -0.3 is 14.4 Å². The predicted molar refractivity (Wildman–Crippen MR) is 68.3 cm³/mol. The SMILES string of the molecule is COc1ccc2c(c1)C1(CCC(=O)OC1)C(=O)N2C. The number of methoxy groups -OCH3 is 1. The van der Waals surface area contributed by atoms with Crippen LogP contribution in [0.3, 0.4) is 0 Å². The van der Waals surface area contributed by atoms with Gasteiger partial charge in [-0.2, -0.15) is 0 Å². The van der Waals surface area contributed by atoms with E-state index in [4.69, 9.17) is 9.47 Å². The van der Waals surface area contributed by atoms with E-state index in [9.17, 15) is 9.59 Å². The lowest BCUT2D eigenvalue weighted by atomic mass is 9.77. The van der Waals surface area contributed by atoms with Gasteiger partial charge in [-0.25, -0.2) is 0 Å². The van der Waals surface area contributed by atoms with Crippen molar-refractivity contribution in [1.29, 1.82) is 0 Å². The molecule has 0 aromatic heterocycles. The molecule has 5 heteroatoms. The maximum absolute atomic E-state index is 12.5. The minimum absolute atomic E-state index is 0.0109. The zero-order valence-electron chi connectivity index (χ0n) is 10.9. The highest BCUT2D eigenvalue weighted by atomic mass is 16.5. The molecule has 0 bridgehead atoms. The molecule has 0 N–H and O–H groups in total. The van der Waals surface area contributed by atoms with Crippen LogP contribution in [-0.4, -0.2) is 32.6 Å². The molecule has 0 aliphatic carbocycles. The van der Waals surface area contributed by atoms with E-state index >= 15 is 0 Å². The van der Waals surface area contributed by atoms with E-state index < -0.39 is 5.41 Å². The summed E-state index contributed by atoms with van der Waals surface area (Å²) in [6.07, 6.45) is 0.769. The molecular formula is C14H15NO4. The van der Waals surface area contributed by atoms with Gasteiger partial charge in [0, 0.05) is 19.2 Å². The average molecular weight is 261 g/mol. The molecule has 1 spiro atoms. The van der Waals surface area contributed by atoms with E-state index in [1.165, 1.54) is 0 Å². The Morgan fingerprint density at radius 1 is 1.37 bits per heavy atom. The van der Waals surface area contributed by atoms with Crippen LogP contribution in [0.1, 0.15) is 18.4 Å². The Kier molecular flexibility index (Phi) is 2.52. The smallest absolute Gasteiger partial charge is 0.305 e. The molecule has 0 saturated carbocycles. The Hall–Kier alpha value is -2.04. The van der Waals surface area contributed by atoms with Crippen molar-refractivity contribution in [2.75, 3.05) is 25.7 Å². The van der Waals surface area contributed by atoms with Gasteiger partial charge in [0.2, 0.25) is 5.91 Å². The van der Waals surface area contributed by atoms with E-state index in [0.29, 0.717) is 12.2 Å². The summed E-state index contributed by atoms with van der Waals surface area (Å²) >= 11 is 0. The van der Waals surface area contributed by atoms with Crippen molar-refractivity contribution in [2.24, 2.45) is 0 Å². The molecule has 0 radical (unpaired) electrons. The van der Waals surface area contributed by atoms with Gasteiger partial charge in [0.1, 0.15) is 17.8 Å². The van der Waals surface area contributed by atoms with Gasteiger partial charge >= 0.3 is 5.97 Å². The van der Waals surface area contributed by atoms with Crippen LogP contribution in [-0.2, 0) is 19.7 Å². The summed E-state index contributed by atoms with van der Waals surface area (Å²) in [6.45, 7) is 0.120. The van der Waals surface area contributed by atoms with E-state index in [1.54, 1.807) is 19.1 Å². The van der Waals surface area contributed by atoms with Crippen LogP contribution >= 0.6 is 0 Å². The highest BCUT2D eigenvalue weighted by molar-refractivity contribution is 6.08. The third-order valence-electron chi connectivity index (χ3n) is 4.03. The summed E-state index contributed by atoms with van der Waals surface area (Å²) in [7, 11) is 3.34. The lowest BCUT2D eigenvalue weighted by Gasteiger charge is -2.31. The summed E-state index contributed by atoms with van der Waals surface area (Å²) in [5.74, 6) is 0.457. The van der Waals surface area contributed by atoms with E-state index in [1.807, 2.05) is 18.2 Å². The monoisotopic (exact) mass is 261 g/mol. The van der Waals surface area contributed by atoms with Gasteiger partial charge in [-0.1, -0.05) is 0 Å². The molecule has 3 rings (SSSR count). The number of cyclic esters (lactones) is 1. The summed E-state index contributed by atoms with van der Waals surface area (Å²) in [5, 5.41) is 0.